The first-order valence-electron chi connectivity index (χ1n) is 10.7. The summed E-state index contributed by atoms with van der Waals surface area (Å²) < 4.78 is 19.0. The maximum atomic E-state index is 12.6. The standard InChI is InChI=1S/C22H26N4O5S/c1-2-29-21(28)20-15-7-3-4-8-16(15)31-17(20)13-32-22-25-24-19(10-9-18(23)27)26(22)12-14-6-5-11-30-14/h3-4,7-8,14H,2,5-6,9-13H2,1H3,(H2,23,27)/t14-/m1/s1. The molecule has 2 N–H and O–H groups in total. The molecule has 1 saturated heterocycles. The number of benzene rings is 1. The maximum absolute atomic E-state index is 12.6. The molecule has 0 bridgehead atoms. The van der Waals surface area contributed by atoms with Crippen molar-refractivity contribution in [2.75, 3.05) is 13.2 Å². The number of amides is 1. The Kier molecular flexibility index (Phi) is 7.11. The minimum absolute atomic E-state index is 0.0824. The Bertz CT molecular complexity index is 1100. The van der Waals surface area contributed by atoms with Crippen LogP contribution in [0.1, 0.15) is 48.1 Å². The molecule has 1 amide bonds. The van der Waals surface area contributed by atoms with Crippen molar-refractivity contribution >= 4 is 34.6 Å². The smallest absolute Gasteiger partial charge is 0.342 e. The number of hydrogen-bond acceptors (Lipinski definition) is 8. The van der Waals surface area contributed by atoms with E-state index in [1.807, 2.05) is 28.8 Å². The Balaban J connectivity index is 1.59. The van der Waals surface area contributed by atoms with Crippen molar-refractivity contribution in [3.8, 4) is 0 Å². The zero-order valence-corrected chi connectivity index (χ0v) is 18.7. The maximum Gasteiger partial charge on any atom is 0.342 e. The van der Waals surface area contributed by atoms with Gasteiger partial charge in [0.2, 0.25) is 5.91 Å². The van der Waals surface area contributed by atoms with Crippen LogP contribution in [0.5, 0.6) is 0 Å². The molecule has 0 spiro atoms. The van der Waals surface area contributed by atoms with Gasteiger partial charge in [0.25, 0.3) is 0 Å². The van der Waals surface area contributed by atoms with Crippen LogP contribution < -0.4 is 5.73 Å². The van der Waals surface area contributed by atoms with E-state index in [4.69, 9.17) is 19.6 Å². The summed E-state index contributed by atoms with van der Waals surface area (Å²) in [5, 5.41) is 10.0. The SMILES string of the molecule is CCOC(=O)c1c(CSc2nnc(CCC(N)=O)n2C[C@H]2CCCO2)oc2ccccc12. The first kappa shape index (κ1) is 22.3. The number of nitrogens with zero attached hydrogens (tertiary/aromatic N) is 3. The highest BCUT2D eigenvalue weighted by Crippen LogP contribution is 2.32. The highest BCUT2D eigenvalue weighted by molar-refractivity contribution is 7.98. The predicted molar refractivity (Wildman–Crippen MR) is 118 cm³/mol. The van der Waals surface area contributed by atoms with E-state index >= 15 is 0 Å². The summed E-state index contributed by atoms with van der Waals surface area (Å²) in [6.45, 7) is 3.40. The number of para-hydroxylation sites is 1. The molecular weight excluding hydrogens is 432 g/mol. The first-order valence-corrected chi connectivity index (χ1v) is 11.7. The van der Waals surface area contributed by atoms with E-state index in [1.54, 1.807) is 6.92 Å². The average Bonchev–Trinajstić information content (AvgIpc) is 3.50. The van der Waals surface area contributed by atoms with E-state index in [0.29, 0.717) is 46.6 Å². The molecule has 4 rings (SSSR count). The van der Waals surface area contributed by atoms with Crippen molar-refractivity contribution in [3.05, 3.63) is 41.4 Å². The molecule has 3 aromatic rings. The lowest BCUT2D eigenvalue weighted by Crippen LogP contribution is -2.19. The summed E-state index contributed by atoms with van der Waals surface area (Å²) in [4.78, 5) is 23.9. The number of carbonyl (C=O) groups is 2. The molecule has 10 heteroatoms. The molecule has 1 aromatic carbocycles. The lowest BCUT2D eigenvalue weighted by atomic mass is 10.1. The second kappa shape index (κ2) is 10.2. The van der Waals surface area contributed by atoms with Crippen molar-refractivity contribution in [3.63, 3.8) is 0 Å². The van der Waals surface area contributed by atoms with Crippen molar-refractivity contribution in [2.45, 2.75) is 56.2 Å². The van der Waals surface area contributed by atoms with E-state index in [1.165, 1.54) is 11.8 Å². The fourth-order valence-electron chi connectivity index (χ4n) is 3.78. The van der Waals surface area contributed by atoms with E-state index in [-0.39, 0.29) is 25.0 Å². The lowest BCUT2D eigenvalue weighted by molar-refractivity contribution is -0.118. The molecule has 3 heterocycles. The topological polar surface area (TPSA) is 122 Å². The van der Waals surface area contributed by atoms with Gasteiger partial charge in [0.05, 0.1) is 25.0 Å². The van der Waals surface area contributed by atoms with Gasteiger partial charge >= 0.3 is 5.97 Å². The Morgan fingerprint density at radius 1 is 1.31 bits per heavy atom. The van der Waals surface area contributed by atoms with Gasteiger partial charge in [0.15, 0.2) is 5.16 Å². The number of thioether (sulfide) groups is 1. The summed E-state index contributed by atoms with van der Waals surface area (Å²) in [5.74, 6) is 0.808. The Labute approximate surface area is 189 Å². The normalized spacial score (nSPS) is 16.0. The van der Waals surface area contributed by atoms with Gasteiger partial charge in [-0.1, -0.05) is 30.0 Å². The zero-order valence-electron chi connectivity index (χ0n) is 17.9. The second-order valence-electron chi connectivity index (χ2n) is 7.52. The van der Waals surface area contributed by atoms with Crippen LogP contribution in [0.15, 0.2) is 33.8 Å². The second-order valence-corrected chi connectivity index (χ2v) is 8.46. The van der Waals surface area contributed by atoms with Gasteiger partial charge in [-0.15, -0.1) is 10.2 Å². The quantitative estimate of drug-likeness (QED) is 0.363. The van der Waals surface area contributed by atoms with Crippen molar-refractivity contribution in [1.29, 1.82) is 0 Å². The third-order valence-electron chi connectivity index (χ3n) is 5.28. The molecule has 170 valence electrons. The predicted octanol–water partition coefficient (Wildman–Crippen LogP) is 3.09. The summed E-state index contributed by atoms with van der Waals surface area (Å²) in [5.41, 5.74) is 6.39. The number of furan rings is 1. The van der Waals surface area contributed by atoms with Crippen LogP contribution in [-0.2, 0) is 33.0 Å². The average molecular weight is 459 g/mol. The van der Waals surface area contributed by atoms with Crippen molar-refractivity contribution in [2.24, 2.45) is 5.73 Å². The summed E-state index contributed by atoms with van der Waals surface area (Å²) in [7, 11) is 0. The number of fused-ring (bicyclic) bond motifs is 1. The number of primary amides is 1. The fourth-order valence-corrected chi connectivity index (χ4v) is 4.67. The van der Waals surface area contributed by atoms with E-state index in [9.17, 15) is 9.59 Å². The molecule has 0 aliphatic carbocycles. The number of carbonyl (C=O) groups excluding carboxylic acids is 2. The Hall–Kier alpha value is -2.85. The van der Waals surface area contributed by atoms with Gasteiger partial charge in [0, 0.05) is 24.8 Å². The van der Waals surface area contributed by atoms with Crippen molar-refractivity contribution < 1.29 is 23.5 Å². The van der Waals surface area contributed by atoms with Gasteiger partial charge < -0.3 is 24.2 Å². The van der Waals surface area contributed by atoms with Crippen LogP contribution in [0.4, 0.5) is 0 Å². The highest BCUT2D eigenvalue weighted by atomic mass is 32.2. The molecule has 2 aromatic heterocycles. The fraction of sp³-hybridized carbons (Fsp3) is 0.455. The Morgan fingerprint density at radius 2 is 2.16 bits per heavy atom. The Morgan fingerprint density at radius 3 is 2.91 bits per heavy atom. The minimum atomic E-state index is -0.406. The molecule has 0 unspecified atom stereocenters. The monoisotopic (exact) mass is 458 g/mol. The molecule has 1 fully saturated rings. The van der Waals surface area contributed by atoms with Gasteiger partial charge in [-0.2, -0.15) is 0 Å². The van der Waals surface area contributed by atoms with E-state index in [0.717, 1.165) is 24.8 Å². The third-order valence-corrected chi connectivity index (χ3v) is 6.25. The molecule has 9 nitrogen and oxygen atoms in total. The third kappa shape index (κ3) is 4.97. The summed E-state index contributed by atoms with van der Waals surface area (Å²) >= 11 is 1.42. The molecule has 1 aliphatic heterocycles. The van der Waals surface area contributed by atoms with Crippen LogP contribution in [-0.4, -0.2) is 46.0 Å². The number of ether oxygens (including phenoxy) is 2. The van der Waals surface area contributed by atoms with Gasteiger partial charge in [0.1, 0.15) is 22.7 Å². The van der Waals surface area contributed by atoms with E-state index in [2.05, 4.69) is 10.2 Å². The molecule has 0 saturated carbocycles. The van der Waals surface area contributed by atoms with E-state index < -0.39 is 5.97 Å². The number of hydrogen-bond donors (Lipinski definition) is 1. The van der Waals surface area contributed by atoms with Crippen LogP contribution >= 0.6 is 11.8 Å². The summed E-state index contributed by atoms with van der Waals surface area (Å²) in [6.07, 6.45) is 2.68. The van der Waals surface area contributed by atoms with Gasteiger partial charge in [-0.3, -0.25) is 4.79 Å². The number of rotatable bonds is 10. The summed E-state index contributed by atoms with van der Waals surface area (Å²) in [6, 6.07) is 7.40. The van der Waals surface area contributed by atoms with Gasteiger partial charge in [-0.05, 0) is 25.8 Å². The molecule has 0 radical (unpaired) electrons. The van der Waals surface area contributed by atoms with Crippen molar-refractivity contribution in [1.82, 2.24) is 14.8 Å². The highest BCUT2D eigenvalue weighted by Gasteiger charge is 2.24. The van der Waals surface area contributed by atoms with Crippen LogP contribution in [0, 0.1) is 0 Å². The van der Waals surface area contributed by atoms with Crippen LogP contribution in [0.2, 0.25) is 0 Å². The lowest BCUT2D eigenvalue weighted by Gasteiger charge is -2.14. The van der Waals surface area contributed by atoms with Gasteiger partial charge in [-0.25, -0.2) is 4.79 Å². The number of aryl methyl sites for hydroxylation is 1. The number of nitrogens with two attached hydrogens (primary N) is 1. The molecule has 32 heavy (non-hydrogen) atoms. The first-order chi connectivity index (χ1) is 15.6. The largest absolute Gasteiger partial charge is 0.462 e. The molecular formula is C22H26N4O5S. The minimum Gasteiger partial charge on any atom is -0.462 e. The molecule has 1 aliphatic rings. The zero-order chi connectivity index (χ0) is 22.5. The molecule has 1 atom stereocenters. The number of aromatic nitrogens is 3. The number of esters is 1. The van der Waals surface area contributed by atoms with Crippen LogP contribution in [0.25, 0.3) is 11.0 Å². The van der Waals surface area contributed by atoms with Crippen LogP contribution in [0.3, 0.4) is 0 Å².